The second-order valence-electron chi connectivity index (χ2n) is 6.23. The van der Waals surface area contributed by atoms with Gasteiger partial charge in [0.2, 0.25) is 10.0 Å². The van der Waals surface area contributed by atoms with Crippen LogP contribution in [-0.4, -0.2) is 31.7 Å². The molecule has 0 unspecified atom stereocenters. The minimum absolute atomic E-state index is 0.133. The molecule has 2 rings (SSSR count). The molecule has 0 saturated heterocycles. The summed E-state index contributed by atoms with van der Waals surface area (Å²) in [5.74, 6) is -0.133. The van der Waals surface area contributed by atoms with E-state index in [0.717, 1.165) is 16.7 Å². The highest BCUT2D eigenvalue weighted by Crippen LogP contribution is 2.16. The number of sulfonamides is 1. The maximum Gasteiger partial charge on any atom is 0.251 e. The Hall–Kier alpha value is -2.18. The lowest BCUT2D eigenvalue weighted by Gasteiger charge is -2.18. The van der Waals surface area contributed by atoms with E-state index in [1.54, 1.807) is 24.3 Å². The van der Waals surface area contributed by atoms with Crippen molar-refractivity contribution in [1.82, 2.24) is 9.62 Å². The number of carbonyl (C=O) groups excluding carboxylic acids is 1. The number of nitrogens with one attached hydrogen (secondary N) is 1. The van der Waals surface area contributed by atoms with E-state index in [4.69, 9.17) is 0 Å². The molecule has 0 radical (unpaired) electrons. The Morgan fingerprint density at radius 2 is 1.62 bits per heavy atom. The van der Waals surface area contributed by atoms with Crippen molar-refractivity contribution in [2.75, 3.05) is 13.1 Å². The Labute approximate surface area is 156 Å². The molecule has 0 atom stereocenters. The SMILES string of the molecule is CCN(CC)S(=O)(=O)c1ccc(CNC(=O)c2cc(C)ccc2C)cc1. The molecule has 0 aromatic heterocycles. The fourth-order valence-corrected chi connectivity index (χ4v) is 4.21. The fourth-order valence-electron chi connectivity index (χ4n) is 2.75. The molecule has 0 heterocycles. The molecule has 0 bridgehead atoms. The predicted octanol–water partition coefficient (Wildman–Crippen LogP) is 3.26. The summed E-state index contributed by atoms with van der Waals surface area (Å²) in [5.41, 5.74) is 3.47. The summed E-state index contributed by atoms with van der Waals surface area (Å²) in [6.45, 7) is 8.71. The van der Waals surface area contributed by atoms with Crippen LogP contribution in [0.1, 0.15) is 40.9 Å². The number of rotatable bonds is 7. The standard InChI is InChI=1S/C20H26N2O3S/c1-5-22(6-2)26(24,25)18-11-9-17(10-12-18)14-21-20(23)19-13-15(3)7-8-16(19)4/h7-13H,5-6,14H2,1-4H3,(H,21,23). The van der Waals surface area contributed by atoms with Crippen molar-refractivity contribution in [2.45, 2.75) is 39.1 Å². The number of hydrogen-bond donors (Lipinski definition) is 1. The molecule has 140 valence electrons. The maximum absolute atomic E-state index is 12.5. The first-order valence-electron chi connectivity index (χ1n) is 8.74. The molecule has 2 aromatic carbocycles. The van der Waals surface area contributed by atoms with Gasteiger partial charge in [-0.1, -0.05) is 43.7 Å². The minimum Gasteiger partial charge on any atom is -0.348 e. The maximum atomic E-state index is 12.5. The molecule has 0 aliphatic carbocycles. The zero-order valence-corrected chi connectivity index (χ0v) is 16.6. The first-order valence-corrected chi connectivity index (χ1v) is 10.2. The second-order valence-corrected chi connectivity index (χ2v) is 8.17. The molecule has 0 saturated carbocycles. The number of aryl methyl sites for hydroxylation is 2. The Kier molecular flexibility index (Phi) is 6.56. The highest BCUT2D eigenvalue weighted by atomic mass is 32.2. The first-order chi connectivity index (χ1) is 12.3. The van der Waals surface area contributed by atoms with E-state index in [2.05, 4.69) is 5.32 Å². The topological polar surface area (TPSA) is 66.5 Å². The highest BCUT2D eigenvalue weighted by Gasteiger charge is 2.21. The van der Waals surface area contributed by atoms with Crippen LogP contribution in [0, 0.1) is 13.8 Å². The van der Waals surface area contributed by atoms with Gasteiger partial charge in [-0.3, -0.25) is 4.79 Å². The summed E-state index contributed by atoms with van der Waals surface area (Å²) in [5, 5.41) is 2.89. The zero-order chi connectivity index (χ0) is 19.3. The van der Waals surface area contributed by atoms with Crippen molar-refractivity contribution in [2.24, 2.45) is 0 Å². The monoisotopic (exact) mass is 374 g/mol. The normalized spacial score (nSPS) is 11.6. The van der Waals surface area contributed by atoms with Crippen LogP contribution in [-0.2, 0) is 16.6 Å². The smallest absolute Gasteiger partial charge is 0.251 e. The first kappa shape index (κ1) is 20.1. The van der Waals surface area contributed by atoms with E-state index in [1.807, 2.05) is 45.9 Å². The van der Waals surface area contributed by atoms with Crippen molar-refractivity contribution in [3.8, 4) is 0 Å². The summed E-state index contributed by atoms with van der Waals surface area (Å²) in [4.78, 5) is 12.6. The lowest BCUT2D eigenvalue weighted by atomic mass is 10.1. The van der Waals surface area contributed by atoms with E-state index in [0.29, 0.717) is 25.2 Å². The number of hydrogen-bond acceptors (Lipinski definition) is 3. The molecule has 5 nitrogen and oxygen atoms in total. The van der Waals surface area contributed by atoms with Crippen LogP contribution in [0.4, 0.5) is 0 Å². The number of benzene rings is 2. The summed E-state index contributed by atoms with van der Waals surface area (Å²) < 4.78 is 26.4. The van der Waals surface area contributed by atoms with Crippen LogP contribution in [0.2, 0.25) is 0 Å². The van der Waals surface area contributed by atoms with Crippen LogP contribution < -0.4 is 5.32 Å². The largest absolute Gasteiger partial charge is 0.348 e. The van der Waals surface area contributed by atoms with Gasteiger partial charge in [-0.25, -0.2) is 8.42 Å². The third-order valence-electron chi connectivity index (χ3n) is 4.36. The quantitative estimate of drug-likeness (QED) is 0.809. The van der Waals surface area contributed by atoms with Crippen molar-refractivity contribution >= 4 is 15.9 Å². The van der Waals surface area contributed by atoms with Crippen LogP contribution in [0.3, 0.4) is 0 Å². The Morgan fingerprint density at radius 1 is 1.00 bits per heavy atom. The van der Waals surface area contributed by atoms with Crippen molar-refractivity contribution in [3.63, 3.8) is 0 Å². The van der Waals surface area contributed by atoms with Crippen molar-refractivity contribution in [3.05, 3.63) is 64.7 Å². The summed E-state index contributed by atoms with van der Waals surface area (Å²) in [6, 6.07) is 12.4. The number of carbonyl (C=O) groups is 1. The van der Waals surface area contributed by atoms with Gasteiger partial charge >= 0.3 is 0 Å². The molecule has 0 spiro atoms. The van der Waals surface area contributed by atoms with Crippen LogP contribution in [0.25, 0.3) is 0 Å². The number of nitrogens with zero attached hydrogens (tertiary/aromatic N) is 1. The molecule has 26 heavy (non-hydrogen) atoms. The van der Waals surface area contributed by atoms with E-state index in [-0.39, 0.29) is 10.8 Å². The lowest BCUT2D eigenvalue weighted by molar-refractivity contribution is 0.0950. The molecule has 1 N–H and O–H groups in total. The second kappa shape index (κ2) is 8.47. The molecule has 0 aliphatic heterocycles. The van der Waals surface area contributed by atoms with Crippen LogP contribution in [0.5, 0.6) is 0 Å². The molecule has 0 aliphatic rings. The predicted molar refractivity (Wildman–Crippen MR) is 104 cm³/mol. The van der Waals surface area contributed by atoms with Gasteiger partial charge in [-0.15, -0.1) is 0 Å². The van der Waals surface area contributed by atoms with Crippen molar-refractivity contribution < 1.29 is 13.2 Å². The Bertz CT molecular complexity index is 870. The molecule has 1 amide bonds. The van der Waals surface area contributed by atoms with Gasteiger partial charge in [0.25, 0.3) is 5.91 Å². The zero-order valence-electron chi connectivity index (χ0n) is 15.7. The third kappa shape index (κ3) is 4.51. The molecule has 6 heteroatoms. The average Bonchev–Trinajstić information content (AvgIpc) is 2.63. The van der Waals surface area contributed by atoms with E-state index in [1.165, 1.54) is 4.31 Å². The van der Waals surface area contributed by atoms with Gasteiger partial charge in [-0.2, -0.15) is 4.31 Å². The summed E-state index contributed by atoms with van der Waals surface area (Å²) in [6.07, 6.45) is 0. The molecule has 0 fully saturated rings. The van der Waals surface area contributed by atoms with Crippen LogP contribution >= 0.6 is 0 Å². The van der Waals surface area contributed by atoms with Gasteiger partial charge in [0, 0.05) is 25.2 Å². The third-order valence-corrected chi connectivity index (χ3v) is 6.42. The van der Waals surface area contributed by atoms with E-state index in [9.17, 15) is 13.2 Å². The average molecular weight is 375 g/mol. The van der Waals surface area contributed by atoms with E-state index < -0.39 is 10.0 Å². The molecular weight excluding hydrogens is 348 g/mol. The van der Waals surface area contributed by atoms with Crippen molar-refractivity contribution in [1.29, 1.82) is 0 Å². The lowest BCUT2D eigenvalue weighted by Crippen LogP contribution is -2.30. The molecule has 2 aromatic rings. The Morgan fingerprint density at radius 3 is 2.19 bits per heavy atom. The minimum atomic E-state index is -3.46. The van der Waals surface area contributed by atoms with Gasteiger partial charge in [-0.05, 0) is 43.2 Å². The number of amides is 1. The van der Waals surface area contributed by atoms with Gasteiger partial charge in [0.05, 0.1) is 4.90 Å². The summed E-state index contributed by atoms with van der Waals surface area (Å²) in [7, 11) is -3.46. The van der Waals surface area contributed by atoms with Gasteiger partial charge < -0.3 is 5.32 Å². The fraction of sp³-hybridized carbons (Fsp3) is 0.350. The molecular formula is C20H26N2O3S. The Balaban J connectivity index is 2.08. The van der Waals surface area contributed by atoms with Gasteiger partial charge in [0.15, 0.2) is 0 Å². The highest BCUT2D eigenvalue weighted by molar-refractivity contribution is 7.89. The van der Waals surface area contributed by atoms with E-state index >= 15 is 0 Å². The summed E-state index contributed by atoms with van der Waals surface area (Å²) >= 11 is 0. The van der Waals surface area contributed by atoms with Crippen LogP contribution in [0.15, 0.2) is 47.4 Å². The van der Waals surface area contributed by atoms with Gasteiger partial charge in [0.1, 0.15) is 0 Å².